The number of benzene rings is 3. The average Bonchev–Trinajstić information content (AvgIpc) is 4.23. The van der Waals surface area contributed by atoms with Crippen LogP contribution in [0, 0.1) is 6.92 Å². The summed E-state index contributed by atoms with van der Waals surface area (Å²) in [5.74, 6) is -0.347. The van der Waals surface area contributed by atoms with Crippen molar-refractivity contribution in [3.63, 3.8) is 0 Å². The molecule has 0 spiro atoms. The van der Waals surface area contributed by atoms with Crippen molar-refractivity contribution >= 4 is 78.2 Å². The lowest BCUT2D eigenvalue weighted by Crippen LogP contribution is -2.51. The summed E-state index contributed by atoms with van der Waals surface area (Å²) in [4.78, 5) is 59.2. The molecule has 2 fully saturated rings. The van der Waals surface area contributed by atoms with Crippen LogP contribution in [0.4, 0.5) is 22.2 Å². The zero-order chi connectivity index (χ0) is 46.8. The first kappa shape index (κ1) is 44.6. The fourth-order valence-electron chi connectivity index (χ4n) is 9.56. The Balaban J connectivity index is 0.691. The van der Waals surface area contributed by atoms with E-state index in [9.17, 15) is 14.4 Å². The molecule has 18 heteroatoms. The second-order valence-corrected chi connectivity index (χ2v) is 20.7. The summed E-state index contributed by atoms with van der Waals surface area (Å²) in [7, 11) is 0. The molecule has 2 bridgehead atoms. The topological polar surface area (TPSA) is 187 Å². The van der Waals surface area contributed by atoms with E-state index in [0.29, 0.717) is 52.2 Å². The van der Waals surface area contributed by atoms with Crippen LogP contribution < -0.4 is 31.7 Å². The quantitative estimate of drug-likeness (QED) is 0.0493. The predicted molar refractivity (Wildman–Crippen MR) is 276 cm³/mol. The SMILES string of the molecule is Cc1ccc2c(NCCCCNC(=O)c3cnc(N=Nc4c(-c5ccccc5)[nH]n(-c5nc(-c6ccccc6)cs5)c4=O)s3)c(C(=O)N[C@H]3CCc4cc(N5C[C@H]6CC[C@@H](C5)N6)ccc4C3)sc2n1. The zero-order valence-corrected chi connectivity index (χ0v) is 40.4. The standard InChI is InChI=1S/C51H50N12O3S3/c1-30-14-21-39-43(45(69-48(39)55-30)47(65)57-35-17-15-34-25-38(20-16-33(34)24-35)62-27-36-18-19-37(28-62)56-36)52-22-8-9-23-53-46(64)41-26-54-50(68-41)60-59-44-42(32-12-6-3-7-13-32)61-63(49(44)66)51-58-40(29-67-51)31-10-4-2-5-11-31/h2-7,10-14,16,20-21,25-26,29,35-37,52,56,61H,8-9,15,17-19,22-24,27-28H2,1H3,(H,53,64)(H,57,65)/t35-,36-,37+/m0/s1. The van der Waals surface area contributed by atoms with E-state index in [2.05, 4.69) is 64.7 Å². The van der Waals surface area contributed by atoms with Crippen LogP contribution in [0.1, 0.15) is 68.3 Å². The van der Waals surface area contributed by atoms with Gasteiger partial charge in [-0.1, -0.05) is 78.1 Å². The number of piperazine rings is 1. The minimum atomic E-state index is -0.411. The van der Waals surface area contributed by atoms with Gasteiger partial charge in [0.1, 0.15) is 14.6 Å². The minimum Gasteiger partial charge on any atom is -0.383 e. The van der Waals surface area contributed by atoms with Crippen molar-refractivity contribution in [2.24, 2.45) is 10.2 Å². The van der Waals surface area contributed by atoms with Crippen LogP contribution >= 0.6 is 34.0 Å². The monoisotopic (exact) mass is 974 g/mol. The number of pyridine rings is 1. The highest BCUT2D eigenvalue weighted by atomic mass is 32.1. The van der Waals surface area contributed by atoms with Gasteiger partial charge >= 0.3 is 5.56 Å². The molecule has 3 aromatic carbocycles. The lowest BCUT2D eigenvalue weighted by Gasteiger charge is -2.35. The number of hydrogen-bond donors (Lipinski definition) is 5. The Kier molecular flexibility index (Phi) is 12.7. The van der Waals surface area contributed by atoms with Crippen molar-refractivity contribution in [1.29, 1.82) is 0 Å². The number of nitrogens with zero attached hydrogens (tertiary/aromatic N) is 7. The molecule has 0 unspecified atom stereocenters. The highest BCUT2D eigenvalue weighted by Crippen LogP contribution is 2.37. The molecular weight excluding hydrogens is 925 g/mol. The number of azo groups is 1. The lowest BCUT2D eigenvalue weighted by molar-refractivity contribution is 0.0935. The first-order valence-corrected chi connectivity index (χ1v) is 26.0. The molecule has 3 aliphatic rings. The molecule has 7 heterocycles. The summed E-state index contributed by atoms with van der Waals surface area (Å²) in [6.07, 6.45) is 8.11. The van der Waals surface area contributed by atoms with Gasteiger partial charge in [0.15, 0.2) is 5.69 Å². The van der Waals surface area contributed by atoms with Gasteiger partial charge in [-0.3, -0.25) is 19.5 Å². The van der Waals surface area contributed by atoms with E-state index < -0.39 is 5.56 Å². The number of hydrogen-bond acceptors (Lipinski definition) is 14. The van der Waals surface area contributed by atoms with Gasteiger partial charge in [0, 0.05) is 77.6 Å². The number of carbonyl (C=O) groups is 2. The van der Waals surface area contributed by atoms with E-state index in [0.717, 1.165) is 88.5 Å². The smallest absolute Gasteiger partial charge is 0.301 e. The molecule has 350 valence electrons. The van der Waals surface area contributed by atoms with Crippen molar-refractivity contribution in [3.05, 3.63) is 140 Å². The van der Waals surface area contributed by atoms with Crippen molar-refractivity contribution in [3.8, 4) is 27.6 Å². The molecule has 0 saturated carbocycles. The van der Waals surface area contributed by atoms with Crippen LogP contribution in [0.25, 0.3) is 37.9 Å². The van der Waals surface area contributed by atoms with Crippen LogP contribution in [-0.2, 0) is 12.8 Å². The van der Waals surface area contributed by atoms with E-state index in [-0.39, 0.29) is 28.7 Å². The Morgan fingerprint density at radius 3 is 2.43 bits per heavy atom. The number of thiophene rings is 1. The van der Waals surface area contributed by atoms with Gasteiger partial charge in [0.2, 0.25) is 10.3 Å². The molecule has 11 rings (SSSR count). The van der Waals surface area contributed by atoms with Crippen LogP contribution in [0.15, 0.2) is 118 Å². The molecule has 2 saturated heterocycles. The second-order valence-electron chi connectivity index (χ2n) is 17.8. The third-order valence-electron chi connectivity index (χ3n) is 13.1. The summed E-state index contributed by atoms with van der Waals surface area (Å²) in [6.45, 7) is 5.16. The molecule has 5 N–H and O–H groups in total. The Labute approximate surface area is 410 Å². The second kappa shape index (κ2) is 19.6. The maximum absolute atomic E-state index is 14.0. The maximum atomic E-state index is 14.0. The number of carbonyl (C=O) groups excluding carboxylic acids is 2. The van der Waals surface area contributed by atoms with Gasteiger partial charge in [0.25, 0.3) is 11.8 Å². The summed E-state index contributed by atoms with van der Waals surface area (Å²) < 4.78 is 1.38. The normalized spacial score (nSPS) is 17.6. The van der Waals surface area contributed by atoms with Crippen molar-refractivity contribution in [2.45, 2.75) is 70.0 Å². The van der Waals surface area contributed by atoms with Gasteiger partial charge in [-0.15, -0.1) is 32.9 Å². The van der Waals surface area contributed by atoms with Gasteiger partial charge in [-0.05, 0) is 87.3 Å². The van der Waals surface area contributed by atoms with E-state index in [1.165, 1.54) is 63.2 Å². The number of H-pyrrole nitrogens is 1. The van der Waals surface area contributed by atoms with Gasteiger partial charge in [0.05, 0.1) is 23.3 Å². The summed E-state index contributed by atoms with van der Waals surface area (Å²) in [5, 5.41) is 29.0. The number of aromatic amines is 1. The van der Waals surface area contributed by atoms with Gasteiger partial charge < -0.3 is 26.2 Å². The molecule has 0 radical (unpaired) electrons. The molecule has 8 aromatic rings. The van der Waals surface area contributed by atoms with E-state index in [4.69, 9.17) is 9.97 Å². The fourth-order valence-corrected chi connectivity index (χ4v) is 12.1. The first-order chi connectivity index (χ1) is 33.8. The van der Waals surface area contributed by atoms with Crippen LogP contribution in [-0.4, -0.2) is 80.9 Å². The summed E-state index contributed by atoms with van der Waals surface area (Å²) in [6, 6.07) is 31.4. The predicted octanol–water partition coefficient (Wildman–Crippen LogP) is 9.60. The molecule has 3 atom stereocenters. The van der Waals surface area contributed by atoms with Crippen molar-refractivity contribution in [2.75, 3.05) is 36.4 Å². The number of nitrogens with one attached hydrogen (secondary N) is 5. The van der Waals surface area contributed by atoms with Gasteiger partial charge in [-0.25, -0.2) is 15.0 Å². The van der Waals surface area contributed by atoms with Crippen molar-refractivity contribution in [1.82, 2.24) is 40.7 Å². The van der Waals surface area contributed by atoms with Crippen molar-refractivity contribution < 1.29 is 9.59 Å². The number of anilines is 2. The zero-order valence-electron chi connectivity index (χ0n) is 37.9. The Morgan fingerprint density at radius 2 is 1.62 bits per heavy atom. The van der Waals surface area contributed by atoms with Crippen LogP contribution in [0.5, 0.6) is 0 Å². The number of aromatic nitrogens is 5. The molecule has 2 aliphatic heterocycles. The summed E-state index contributed by atoms with van der Waals surface area (Å²) in [5.41, 5.74) is 8.37. The minimum absolute atomic E-state index is 0.0496. The largest absolute Gasteiger partial charge is 0.383 e. The van der Waals surface area contributed by atoms with Crippen LogP contribution in [0.2, 0.25) is 0 Å². The van der Waals surface area contributed by atoms with E-state index >= 15 is 0 Å². The number of aryl methyl sites for hydroxylation is 2. The molecule has 15 nitrogen and oxygen atoms in total. The Morgan fingerprint density at radius 1 is 0.841 bits per heavy atom. The fraction of sp³-hybridized carbons (Fsp3) is 0.294. The number of rotatable bonds is 15. The number of fused-ring (bicyclic) bond motifs is 4. The summed E-state index contributed by atoms with van der Waals surface area (Å²) >= 11 is 3.86. The number of unbranched alkanes of at least 4 members (excludes halogenated alkanes) is 1. The molecule has 2 amide bonds. The third kappa shape index (κ3) is 9.61. The molecule has 1 aliphatic carbocycles. The lowest BCUT2D eigenvalue weighted by atomic mass is 9.87. The Hall–Kier alpha value is -6.86. The highest BCUT2D eigenvalue weighted by molar-refractivity contribution is 7.21. The first-order valence-electron chi connectivity index (χ1n) is 23.4. The van der Waals surface area contributed by atoms with Crippen LogP contribution in [0.3, 0.4) is 0 Å². The maximum Gasteiger partial charge on any atom is 0.301 e. The Bertz CT molecular complexity index is 3240. The highest BCUT2D eigenvalue weighted by Gasteiger charge is 2.33. The molecule has 69 heavy (non-hydrogen) atoms. The van der Waals surface area contributed by atoms with E-state index in [1.54, 1.807) is 0 Å². The van der Waals surface area contributed by atoms with E-state index in [1.807, 2.05) is 85.1 Å². The molecular formula is C51H50N12O3S3. The number of thiazole rings is 2. The molecule has 5 aromatic heterocycles. The third-order valence-corrected chi connectivity index (χ3v) is 15.9. The average molecular weight is 975 g/mol. The number of amides is 2. The van der Waals surface area contributed by atoms with Gasteiger partial charge in [-0.2, -0.15) is 4.68 Å².